The third kappa shape index (κ3) is 2.30. The van der Waals surface area contributed by atoms with E-state index in [2.05, 4.69) is 52.0 Å². The largest absolute Gasteiger partial charge is 0.493 e. The molecule has 2 saturated carbocycles. The molecule has 4 rings (SSSR count). The van der Waals surface area contributed by atoms with Crippen molar-refractivity contribution in [2.24, 2.45) is 22.7 Å². The summed E-state index contributed by atoms with van der Waals surface area (Å²) in [6.07, 6.45) is 11.6. The molecule has 0 amide bonds. The normalized spacial score (nSPS) is 37.3. The number of rotatable bonds is 2. The molecule has 142 valence electrons. The van der Waals surface area contributed by atoms with E-state index in [1.54, 1.807) is 14.2 Å². The van der Waals surface area contributed by atoms with E-state index in [4.69, 9.17) is 9.47 Å². The van der Waals surface area contributed by atoms with Crippen LogP contribution in [0.25, 0.3) is 6.08 Å². The van der Waals surface area contributed by atoms with Crippen LogP contribution in [-0.4, -0.2) is 14.2 Å². The Kier molecular flexibility index (Phi) is 3.99. The minimum Gasteiger partial charge on any atom is -0.493 e. The van der Waals surface area contributed by atoms with Gasteiger partial charge in [-0.25, -0.2) is 0 Å². The van der Waals surface area contributed by atoms with E-state index in [1.807, 2.05) is 0 Å². The fourth-order valence-corrected chi connectivity index (χ4v) is 7.05. The van der Waals surface area contributed by atoms with Gasteiger partial charge in [0.15, 0.2) is 11.5 Å². The summed E-state index contributed by atoms with van der Waals surface area (Å²) in [6, 6.07) is 4.41. The number of hydrogen-bond donors (Lipinski definition) is 0. The smallest absolute Gasteiger partial charge is 0.161 e. The molecule has 0 saturated heterocycles. The lowest BCUT2D eigenvalue weighted by Crippen LogP contribution is -2.56. The lowest BCUT2D eigenvalue weighted by Gasteiger charge is -2.63. The summed E-state index contributed by atoms with van der Waals surface area (Å²) >= 11 is 0. The molecule has 4 atom stereocenters. The Balaban J connectivity index is 1.84. The highest BCUT2D eigenvalue weighted by Crippen LogP contribution is 2.66. The van der Waals surface area contributed by atoms with Gasteiger partial charge in [0.2, 0.25) is 0 Å². The maximum absolute atomic E-state index is 5.64. The summed E-state index contributed by atoms with van der Waals surface area (Å²) in [7, 11) is 3.46. The van der Waals surface area contributed by atoms with Crippen LogP contribution in [0.2, 0.25) is 0 Å². The minimum atomic E-state index is 0.183. The predicted molar refractivity (Wildman–Crippen MR) is 108 cm³/mol. The van der Waals surface area contributed by atoms with Gasteiger partial charge in [0.05, 0.1) is 14.2 Å². The first-order valence-electron chi connectivity index (χ1n) is 10.2. The number of benzene rings is 1. The van der Waals surface area contributed by atoms with Crippen LogP contribution in [0, 0.1) is 22.7 Å². The summed E-state index contributed by atoms with van der Waals surface area (Å²) < 4.78 is 11.2. The molecule has 0 aliphatic heterocycles. The summed E-state index contributed by atoms with van der Waals surface area (Å²) in [5, 5.41) is 0. The Labute approximate surface area is 159 Å². The number of hydrogen-bond acceptors (Lipinski definition) is 2. The van der Waals surface area contributed by atoms with Crippen molar-refractivity contribution >= 4 is 6.08 Å². The molecule has 0 bridgehead atoms. The van der Waals surface area contributed by atoms with Crippen LogP contribution in [0.3, 0.4) is 0 Å². The van der Waals surface area contributed by atoms with Gasteiger partial charge in [0.25, 0.3) is 0 Å². The summed E-state index contributed by atoms with van der Waals surface area (Å²) in [5.41, 5.74) is 3.78. The highest BCUT2D eigenvalue weighted by Gasteiger charge is 2.58. The van der Waals surface area contributed by atoms with Crippen molar-refractivity contribution in [3.63, 3.8) is 0 Å². The van der Waals surface area contributed by atoms with E-state index >= 15 is 0 Å². The van der Waals surface area contributed by atoms with Crippen molar-refractivity contribution in [1.29, 1.82) is 0 Å². The lowest BCUT2D eigenvalue weighted by molar-refractivity contribution is -0.0876. The maximum Gasteiger partial charge on any atom is 0.161 e. The molecule has 1 aromatic carbocycles. The molecule has 3 aliphatic rings. The van der Waals surface area contributed by atoms with Crippen LogP contribution < -0.4 is 9.47 Å². The summed E-state index contributed by atoms with van der Waals surface area (Å²) in [5.74, 6) is 3.10. The molecule has 2 heteroatoms. The van der Waals surface area contributed by atoms with Crippen molar-refractivity contribution in [3.05, 3.63) is 29.3 Å². The fourth-order valence-electron chi connectivity index (χ4n) is 7.05. The fraction of sp³-hybridized carbons (Fsp3) is 0.667. The highest BCUT2D eigenvalue weighted by molar-refractivity contribution is 5.65. The second-order valence-corrected chi connectivity index (χ2v) is 9.99. The van der Waals surface area contributed by atoms with Crippen LogP contribution in [0.15, 0.2) is 18.2 Å². The zero-order valence-electron chi connectivity index (χ0n) is 17.3. The first-order valence-corrected chi connectivity index (χ1v) is 10.2. The van der Waals surface area contributed by atoms with E-state index in [0.29, 0.717) is 16.7 Å². The van der Waals surface area contributed by atoms with Gasteiger partial charge in [-0.1, -0.05) is 46.3 Å². The Morgan fingerprint density at radius 3 is 2.31 bits per heavy atom. The molecule has 2 fully saturated rings. The van der Waals surface area contributed by atoms with Gasteiger partial charge < -0.3 is 9.47 Å². The Hall–Kier alpha value is -1.44. The van der Waals surface area contributed by atoms with Crippen LogP contribution in [0.5, 0.6) is 11.5 Å². The summed E-state index contributed by atoms with van der Waals surface area (Å²) in [6.45, 7) is 10.1. The van der Waals surface area contributed by atoms with Crippen molar-refractivity contribution in [2.45, 2.75) is 65.2 Å². The van der Waals surface area contributed by atoms with Crippen molar-refractivity contribution < 1.29 is 9.47 Å². The number of allylic oxidation sites excluding steroid dienone is 1. The first-order chi connectivity index (χ1) is 12.3. The van der Waals surface area contributed by atoms with Gasteiger partial charge in [0, 0.05) is 5.41 Å². The average Bonchev–Trinajstić information content (AvgIpc) is 2.59. The molecule has 0 radical (unpaired) electrons. The van der Waals surface area contributed by atoms with Gasteiger partial charge >= 0.3 is 0 Å². The molecule has 26 heavy (non-hydrogen) atoms. The van der Waals surface area contributed by atoms with Gasteiger partial charge in [-0.3, -0.25) is 0 Å². The predicted octanol–water partition coefficient (Wildman–Crippen LogP) is 6.23. The molecule has 2 nitrogen and oxygen atoms in total. The van der Waals surface area contributed by atoms with E-state index in [1.165, 1.54) is 43.2 Å². The van der Waals surface area contributed by atoms with Crippen LogP contribution >= 0.6 is 0 Å². The van der Waals surface area contributed by atoms with Gasteiger partial charge in [-0.2, -0.15) is 0 Å². The zero-order chi connectivity index (χ0) is 18.7. The number of methoxy groups -OCH3 is 2. The second-order valence-electron chi connectivity index (χ2n) is 9.99. The van der Waals surface area contributed by atoms with Crippen molar-refractivity contribution in [2.75, 3.05) is 14.2 Å². The first kappa shape index (κ1) is 17.9. The van der Waals surface area contributed by atoms with E-state index in [-0.39, 0.29) is 5.41 Å². The molecule has 0 aromatic heterocycles. The van der Waals surface area contributed by atoms with Crippen LogP contribution in [-0.2, 0) is 5.41 Å². The van der Waals surface area contributed by atoms with Crippen molar-refractivity contribution in [3.8, 4) is 11.5 Å². The van der Waals surface area contributed by atoms with Gasteiger partial charge in [-0.15, -0.1) is 0 Å². The van der Waals surface area contributed by atoms with E-state index < -0.39 is 0 Å². The minimum absolute atomic E-state index is 0.183. The molecule has 2 unspecified atom stereocenters. The molecule has 3 aliphatic carbocycles. The van der Waals surface area contributed by atoms with E-state index in [9.17, 15) is 0 Å². The summed E-state index contributed by atoms with van der Waals surface area (Å²) in [4.78, 5) is 0. The standard InChI is InChI=1S/C24H34O2/c1-22(2)11-7-12-24(4)20(22)10-13-23(3)17-15-19(26-6)18(25-5)14-16(17)8-9-21(23)24/h8-9,14-15,20-21H,7,10-13H2,1-6H3/t20?,21?,23-,24-/m0/s1. The third-order valence-electron chi connectivity index (χ3n) is 8.26. The number of ether oxygens (including phenoxy) is 2. The van der Waals surface area contributed by atoms with Crippen LogP contribution in [0.4, 0.5) is 0 Å². The van der Waals surface area contributed by atoms with Gasteiger partial charge in [0.1, 0.15) is 0 Å². The molecule has 1 aromatic rings. The Bertz CT molecular complexity index is 747. The lowest BCUT2D eigenvalue weighted by atomic mass is 9.41. The SMILES string of the molecule is COc1cc2c(cc1OC)[C@]1(C)CCC3C(C)(C)CCC[C@]3(C)C1C=C2. The maximum atomic E-state index is 5.64. The quantitative estimate of drug-likeness (QED) is 0.626. The third-order valence-corrected chi connectivity index (χ3v) is 8.26. The highest BCUT2D eigenvalue weighted by atomic mass is 16.5. The van der Waals surface area contributed by atoms with E-state index in [0.717, 1.165) is 17.4 Å². The zero-order valence-corrected chi connectivity index (χ0v) is 17.3. The van der Waals surface area contributed by atoms with Crippen LogP contribution in [0.1, 0.15) is 70.9 Å². The Morgan fingerprint density at radius 2 is 1.62 bits per heavy atom. The molecule has 0 heterocycles. The molecular weight excluding hydrogens is 320 g/mol. The second kappa shape index (κ2) is 5.78. The van der Waals surface area contributed by atoms with Gasteiger partial charge in [-0.05, 0) is 71.6 Å². The topological polar surface area (TPSA) is 18.5 Å². The molecular formula is C24H34O2. The number of fused-ring (bicyclic) bond motifs is 5. The monoisotopic (exact) mass is 354 g/mol. The molecule has 0 spiro atoms. The Morgan fingerprint density at radius 1 is 0.923 bits per heavy atom. The average molecular weight is 355 g/mol. The molecule has 0 N–H and O–H groups in total. The van der Waals surface area contributed by atoms with Crippen molar-refractivity contribution in [1.82, 2.24) is 0 Å².